The van der Waals surface area contributed by atoms with Crippen LogP contribution in [0.5, 0.6) is 0 Å². The van der Waals surface area contributed by atoms with E-state index in [0.717, 1.165) is 16.7 Å². The zero-order valence-corrected chi connectivity index (χ0v) is 11.0. The molecule has 1 aliphatic heterocycles. The van der Waals surface area contributed by atoms with Crippen molar-refractivity contribution >= 4 is 33.4 Å². The predicted molar refractivity (Wildman–Crippen MR) is 71.2 cm³/mol. The highest BCUT2D eigenvalue weighted by Crippen LogP contribution is 2.22. The topological polar surface area (TPSA) is 29.3 Å². The molecule has 0 bridgehead atoms. The largest absolute Gasteiger partial charge is 0.399 e. The molecule has 2 nitrogen and oxygen atoms in total. The lowest BCUT2D eigenvalue weighted by atomic mass is 10.2. The first-order valence-corrected chi connectivity index (χ1v) is 7.04. The molecule has 2 N–H and O–H groups in total. The van der Waals surface area contributed by atoms with Gasteiger partial charge in [-0.1, -0.05) is 15.9 Å². The maximum absolute atomic E-state index is 5.79. The van der Waals surface area contributed by atoms with Crippen LogP contribution >= 0.6 is 27.7 Å². The van der Waals surface area contributed by atoms with Gasteiger partial charge < -0.3 is 5.73 Å². The van der Waals surface area contributed by atoms with Gasteiger partial charge in [-0.05, 0) is 23.8 Å². The minimum absolute atomic E-state index is 0.847. The number of anilines is 1. The lowest BCUT2D eigenvalue weighted by molar-refractivity contribution is 0.294. The summed E-state index contributed by atoms with van der Waals surface area (Å²) >= 11 is 5.61. The molecule has 0 atom stereocenters. The number of nitrogens with two attached hydrogens (primary N) is 1. The minimum Gasteiger partial charge on any atom is -0.399 e. The molecule has 1 fully saturated rings. The summed E-state index contributed by atoms with van der Waals surface area (Å²) in [6.45, 7) is 3.38. The smallest absolute Gasteiger partial charge is 0.0318 e. The van der Waals surface area contributed by atoms with Crippen LogP contribution in [0.1, 0.15) is 5.56 Å². The van der Waals surface area contributed by atoms with Crippen LogP contribution in [0.4, 0.5) is 5.69 Å². The molecule has 2 rings (SSSR count). The average molecular weight is 287 g/mol. The third-order valence-corrected chi connectivity index (χ3v) is 4.28. The molecule has 0 spiro atoms. The Labute approximate surface area is 103 Å². The molecule has 0 aromatic heterocycles. The van der Waals surface area contributed by atoms with E-state index in [2.05, 4.69) is 26.9 Å². The number of thioether (sulfide) groups is 1. The zero-order chi connectivity index (χ0) is 10.7. The lowest BCUT2D eigenvalue weighted by Gasteiger charge is -2.26. The second kappa shape index (κ2) is 5.23. The van der Waals surface area contributed by atoms with E-state index in [1.54, 1.807) is 0 Å². The first kappa shape index (κ1) is 11.3. The molecule has 1 aliphatic rings. The molecule has 1 heterocycles. The van der Waals surface area contributed by atoms with Crippen molar-refractivity contribution in [1.29, 1.82) is 0 Å². The lowest BCUT2D eigenvalue weighted by Crippen LogP contribution is -2.32. The van der Waals surface area contributed by atoms with Crippen LogP contribution in [-0.4, -0.2) is 29.5 Å². The summed E-state index contributed by atoms with van der Waals surface area (Å²) in [5.41, 5.74) is 7.93. The summed E-state index contributed by atoms with van der Waals surface area (Å²) in [4.78, 5) is 2.48. The monoisotopic (exact) mass is 286 g/mol. The summed E-state index contributed by atoms with van der Waals surface area (Å²) in [5.74, 6) is 2.50. The molecule has 0 saturated carbocycles. The second-order valence-corrected chi connectivity index (χ2v) is 5.82. The van der Waals surface area contributed by atoms with Crippen LogP contribution < -0.4 is 5.73 Å². The molecule has 4 heteroatoms. The van der Waals surface area contributed by atoms with E-state index < -0.39 is 0 Å². The highest BCUT2D eigenvalue weighted by atomic mass is 79.9. The molecule has 0 unspecified atom stereocenters. The van der Waals surface area contributed by atoms with Crippen molar-refractivity contribution in [2.24, 2.45) is 0 Å². The number of rotatable bonds is 2. The van der Waals surface area contributed by atoms with Gasteiger partial charge in [-0.2, -0.15) is 11.8 Å². The van der Waals surface area contributed by atoms with Crippen molar-refractivity contribution in [2.45, 2.75) is 6.54 Å². The number of nitrogens with zero attached hydrogens (tertiary/aromatic N) is 1. The SMILES string of the molecule is Nc1ccc(Br)c(CN2CCSCC2)c1. The Balaban J connectivity index is 2.05. The van der Waals surface area contributed by atoms with Gasteiger partial charge in [-0.15, -0.1) is 0 Å². The van der Waals surface area contributed by atoms with Gasteiger partial charge in [0.15, 0.2) is 0 Å². The van der Waals surface area contributed by atoms with Gasteiger partial charge in [0.1, 0.15) is 0 Å². The van der Waals surface area contributed by atoms with Crippen molar-refractivity contribution in [1.82, 2.24) is 4.90 Å². The van der Waals surface area contributed by atoms with E-state index in [1.165, 1.54) is 30.2 Å². The Morgan fingerprint density at radius 1 is 1.33 bits per heavy atom. The third kappa shape index (κ3) is 3.13. The summed E-state index contributed by atoms with van der Waals surface area (Å²) < 4.78 is 1.16. The van der Waals surface area contributed by atoms with Crippen molar-refractivity contribution in [3.05, 3.63) is 28.2 Å². The van der Waals surface area contributed by atoms with Crippen LogP contribution in [0.25, 0.3) is 0 Å². The fourth-order valence-corrected chi connectivity index (χ4v) is 3.07. The van der Waals surface area contributed by atoms with Gasteiger partial charge in [0.2, 0.25) is 0 Å². The number of halogens is 1. The van der Waals surface area contributed by atoms with Crippen LogP contribution in [0.15, 0.2) is 22.7 Å². The van der Waals surface area contributed by atoms with Crippen LogP contribution in [0, 0.1) is 0 Å². The predicted octanol–water partition coefficient (Wildman–Crippen LogP) is 2.58. The van der Waals surface area contributed by atoms with Crippen LogP contribution in [0.3, 0.4) is 0 Å². The Morgan fingerprint density at radius 2 is 2.07 bits per heavy atom. The van der Waals surface area contributed by atoms with E-state index in [9.17, 15) is 0 Å². The summed E-state index contributed by atoms with van der Waals surface area (Å²) in [5, 5.41) is 0. The van der Waals surface area contributed by atoms with Gasteiger partial charge in [-0.3, -0.25) is 4.90 Å². The molecule has 0 aliphatic carbocycles. The minimum atomic E-state index is 0.847. The Hall–Kier alpha value is -0.190. The van der Waals surface area contributed by atoms with E-state index >= 15 is 0 Å². The van der Waals surface area contributed by atoms with Gasteiger partial charge in [0.05, 0.1) is 0 Å². The van der Waals surface area contributed by atoms with Crippen molar-refractivity contribution in [3.63, 3.8) is 0 Å². The van der Waals surface area contributed by atoms with Gasteiger partial charge in [0.25, 0.3) is 0 Å². The maximum Gasteiger partial charge on any atom is 0.0318 e. The molecule has 82 valence electrons. The molecular formula is C11H15BrN2S. The average Bonchev–Trinajstić information content (AvgIpc) is 2.25. The highest BCUT2D eigenvalue weighted by molar-refractivity contribution is 9.10. The summed E-state index contributed by atoms with van der Waals surface area (Å²) in [6.07, 6.45) is 0. The maximum atomic E-state index is 5.79. The molecular weight excluding hydrogens is 272 g/mol. The Morgan fingerprint density at radius 3 is 2.80 bits per heavy atom. The normalized spacial score (nSPS) is 17.9. The molecule has 15 heavy (non-hydrogen) atoms. The van der Waals surface area contributed by atoms with E-state index in [4.69, 9.17) is 5.73 Å². The first-order chi connectivity index (χ1) is 7.25. The summed E-state index contributed by atoms with van der Waals surface area (Å²) in [6, 6.07) is 6.02. The zero-order valence-electron chi connectivity index (χ0n) is 8.58. The number of benzene rings is 1. The third-order valence-electron chi connectivity index (χ3n) is 2.57. The van der Waals surface area contributed by atoms with Crippen molar-refractivity contribution in [3.8, 4) is 0 Å². The molecule has 0 radical (unpaired) electrons. The number of hydrogen-bond acceptors (Lipinski definition) is 3. The van der Waals surface area contributed by atoms with Gasteiger partial charge >= 0.3 is 0 Å². The molecule has 1 aromatic rings. The number of nitrogen functional groups attached to an aromatic ring is 1. The van der Waals surface area contributed by atoms with Gasteiger partial charge in [-0.25, -0.2) is 0 Å². The molecule has 1 saturated heterocycles. The molecule has 1 aromatic carbocycles. The van der Waals surface area contributed by atoms with Crippen LogP contribution in [0.2, 0.25) is 0 Å². The molecule has 0 amide bonds. The fourth-order valence-electron chi connectivity index (χ4n) is 1.72. The Kier molecular flexibility index (Phi) is 3.94. The number of hydrogen-bond donors (Lipinski definition) is 1. The van der Waals surface area contributed by atoms with E-state index in [0.29, 0.717) is 0 Å². The van der Waals surface area contributed by atoms with E-state index in [-0.39, 0.29) is 0 Å². The second-order valence-electron chi connectivity index (χ2n) is 3.74. The van der Waals surface area contributed by atoms with Crippen molar-refractivity contribution < 1.29 is 0 Å². The van der Waals surface area contributed by atoms with E-state index in [1.807, 2.05) is 23.9 Å². The summed E-state index contributed by atoms with van der Waals surface area (Å²) in [7, 11) is 0. The first-order valence-electron chi connectivity index (χ1n) is 5.10. The standard InChI is InChI=1S/C11H15BrN2S/c12-11-2-1-10(13)7-9(11)8-14-3-5-15-6-4-14/h1-2,7H,3-6,8,13H2. The van der Waals surface area contributed by atoms with Crippen LogP contribution in [-0.2, 0) is 6.54 Å². The fraction of sp³-hybridized carbons (Fsp3) is 0.455. The highest BCUT2D eigenvalue weighted by Gasteiger charge is 2.12. The quantitative estimate of drug-likeness (QED) is 0.848. The van der Waals surface area contributed by atoms with Gasteiger partial charge in [0, 0.05) is 41.3 Å². The Bertz CT molecular complexity index is 337. The van der Waals surface area contributed by atoms with Crippen molar-refractivity contribution in [2.75, 3.05) is 30.3 Å².